The van der Waals surface area contributed by atoms with Crippen molar-refractivity contribution in [3.05, 3.63) is 12.0 Å². The number of halogens is 1. The number of aliphatic hydroxyl groups is 1. The predicted octanol–water partition coefficient (Wildman–Crippen LogP) is 0.644. The third-order valence-electron chi connectivity index (χ3n) is 2.90. The van der Waals surface area contributed by atoms with Gasteiger partial charge in [-0.1, -0.05) is 0 Å². The molecule has 0 atom stereocenters. The molecule has 17 heavy (non-hydrogen) atoms. The summed E-state index contributed by atoms with van der Waals surface area (Å²) in [6.45, 7) is 2.15. The van der Waals surface area contributed by atoms with Gasteiger partial charge in [-0.05, 0) is 12.8 Å². The summed E-state index contributed by atoms with van der Waals surface area (Å²) in [7, 11) is 1.78. The molecule has 1 saturated heterocycles. The number of aliphatic hydroxyl groups excluding tert-OH is 1. The van der Waals surface area contributed by atoms with Gasteiger partial charge in [0.15, 0.2) is 11.6 Å². The topological polar surface area (TPSA) is 52.5 Å². The van der Waals surface area contributed by atoms with E-state index in [2.05, 4.69) is 9.97 Å². The minimum Gasteiger partial charge on any atom is -0.395 e. The van der Waals surface area contributed by atoms with E-state index in [-0.39, 0.29) is 12.4 Å². The third-order valence-corrected chi connectivity index (χ3v) is 2.90. The van der Waals surface area contributed by atoms with Crippen molar-refractivity contribution >= 4 is 11.8 Å². The van der Waals surface area contributed by atoms with Gasteiger partial charge in [-0.25, -0.2) is 9.37 Å². The molecule has 5 nitrogen and oxygen atoms in total. The van der Waals surface area contributed by atoms with Crippen molar-refractivity contribution in [2.45, 2.75) is 12.8 Å². The van der Waals surface area contributed by atoms with Crippen LogP contribution in [0.5, 0.6) is 0 Å². The van der Waals surface area contributed by atoms with Gasteiger partial charge in [0.05, 0.1) is 12.8 Å². The van der Waals surface area contributed by atoms with E-state index in [1.807, 2.05) is 4.90 Å². The Balaban J connectivity index is 2.22. The van der Waals surface area contributed by atoms with Crippen molar-refractivity contribution in [2.75, 3.05) is 43.1 Å². The summed E-state index contributed by atoms with van der Waals surface area (Å²) in [5.74, 6) is 0.438. The number of likely N-dealkylation sites (N-methyl/N-ethyl adjacent to an activating group) is 1. The monoisotopic (exact) mass is 240 g/mol. The van der Waals surface area contributed by atoms with Crippen molar-refractivity contribution in [2.24, 2.45) is 0 Å². The zero-order valence-corrected chi connectivity index (χ0v) is 9.93. The number of hydrogen-bond donors (Lipinski definition) is 1. The highest BCUT2D eigenvalue weighted by Gasteiger charge is 2.19. The molecule has 1 aromatic rings. The molecule has 0 aliphatic carbocycles. The first-order valence-electron chi connectivity index (χ1n) is 5.82. The van der Waals surface area contributed by atoms with Gasteiger partial charge in [-0.3, -0.25) is 0 Å². The molecule has 1 N–H and O–H groups in total. The van der Waals surface area contributed by atoms with E-state index < -0.39 is 0 Å². The van der Waals surface area contributed by atoms with E-state index in [0.717, 1.165) is 25.9 Å². The lowest BCUT2D eigenvalue weighted by atomic mass is 10.4. The van der Waals surface area contributed by atoms with Crippen LogP contribution in [0.4, 0.5) is 16.2 Å². The van der Waals surface area contributed by atoms with Crippen LogP contribution < -0.4 is 9.80 Å². The van der Waals surface area contributed by atoms with E-state index in [9.17, 15) is 4.39 Å². The van der Waals surface area contributed by atoms with E-state index >= 15 is 0 Å². The zero-order chi connectivity index (χ0) is 12.3. The Morgan fingerprint density at radius 1 is 1.47 bits per heavy atom. The minimum atomic E-state index is -0.381. The molecule has 0 amide bonds. The Morgan fingerprint density at radius 3 is 2.82 bits per heavy atom. The number of aromatic nitrogens is 2. The van der Waals surface area contributed by atoms with Crippen LogP contribution in [-0.2, 0) is 0 Å². The molecule has 0 aromatic carbocycles. The van der Waals surface area contributed by atoms with Crippen molar-refractivity contribution in [1.82, 2.24) is 9.97 Å². The van der Waals surface area contributed by atoms with Gasteiger partial charge >= 0.3 is 0 Å². The molecule has 0 radical (unpaired) electrons. The fraction of sp³-hybridized carbons (Fsp3) is 0.636. The van der Waals surface area contributed by atoms with Crippen molar-refractivity contribution in [1.29, 1.82) is 0 Å². The Kier molecular flexibility index (Phi) is 3.73. The largest absolute Gasteiger partial charge is 0.395 e. The molecule has 1 fully saturated rings. The van der Waals surface area contributed by atoms with E-state index in [4.69, 9.17) is 5.11 Å². The molecule has 2 rings (SSSR count). The van der Waals surface area contributed by atoms with Crippen molar-refractivity contribution < 1.29 is 9.50 Å². The number of hydrogen-bond acceptors (Lipinski definition) is 5. The van der Waals surface area contributed by atoms with E-state index in [1.54, 1.807) is 11.9 Å². The first-order chi connectivity index (χ1) is 8.22. The van der Waals surface area contributed by atoms with Crippen LogP contribution in [0.25, 0.3) is 0 Å². The van der Waals surface area contributed by atoms with Crippen LogP contribution in [0.1, 0.15) is 12.8 Å². The maximum absolute atomic E-state index is 13.6. The molecule has 6 heteroatoms. The molecule has 0 unspecified atom stereocenters. The van der Waals surface area contributed by atoms with Crippen LogP contribution in [0, 0.1) is 5.82 Å². The summed E-state index contributed by atoms with van der Waals surface area (Å²) in [5.41, 5.74) is 0. The summed E-state index contributed by atoms with van der Waals surface area (Å²) >= 11 is 0. The Hall–Kier alpha value is -1.43. The minimum absolute atomic E-state index is 0.0241. The first kappa shape index (κ1) is 12.0. The maximum atomic E-state index is 13.6. The molecule has 0 spiro atoms. The summed E-state index contributed by atoms with van der Waals surface area (Å²) in [6.07, 6.45) is 3.35. The van der Waals surface area contributed by atoms with E-state index in [0.29, 0.717) is 18.3 Å². The Bertz CT molecular complexity index is 382. The number of rotatable bonds is 4. The molecule has 0 bridgehead atoms. The van der Waals surface area contributed by atoms with Gasteiger partial charge < -0.3 is 14.9 Å². The number of nitrogens with zero attached hydrogens (tertiary/aromatic N) is 4. The lowest BCUT2D eigenvalue weighted by molar-refractivity contribution is 0.303. The van der Waals surface area contributed by atoms with Crippen LogP contribution in [0.15, 0.2) is 6.20 Å². The molecule has 1 aliphatic heterocycles. The lowest BCUT2D eigenvalue weighted by Gasteiger charge is -2.20. The Labute approximate surface area is 99.9 Å². The molecular formula is C11H17FN4O. The quantitative estimate of drug-likeness (QED) is 0.837. The van der Waals surface area contributed by atoms with Gasteiger partial charge in [0, 0.05) is 26.7 Å². The van der Waals surface area contributed by atoms with Gasteiger partial charge in [-0.2, -0.15) is 4.98 Å². The first-order valence-corrected chi connectivity index (χ1v) is 5.82. The molecule has 1 aliphatic rings. The standard InChI is InChI=1S/C11H17FN4O/c1-15(6-7-17)11-13-8-9(12)10(14-11)16-4-2-3-5-16/h8,17H,2-7H2,1H3. The average Bonchev–Trinajstić information content (AvgIpc) is 2.83. The van der Waals surface area contributed by atoms with Crippen LogP contribution in [0.3, 0.4) is 0 Å². The average molecular weight is 240 g/mol. The smallest absolute Gasteiger partial charge is 0.227 e. The van der Waals surface area contributed by atoms with Gasteiger partial charge in [-0.15, -0.1) is 0 Å². The second kappa shape index (κ2) is 5.27. The lowest BCUT2D eigenvalue weighted by Crippen LogP contribution is -2.26. The van der Waals surface area contributed by atoms with Crippen molar-refractivity contribution in [3.8, 4) is 0 Å². The summed E-state index contributed by atoms with van der Waals surface area (Å²) in [4.78, 5) is 11.8. The normalized spacial score (nSPS) is 15.4. The zero-order valence-electron chi connectivity index (χ0n) is 9.93. The van der Waals surface area contributed by atoms with Gasteiger partial charge in [0.1, 0.15) is 0 Å². The van der Waals surface area contributed by atoms with Crippen molar-refractivity contribution in [3.63, 3.8) is 0 Å². The highest BCUT2D eigenvalue weighted by atomic mass is 19.1. The second-order valence-corrected chi connectivity index (χ2v) is 4.18. The summed E-state index contributed by atoms with van der Waals surface area (Å²) < 4.78 is 13.6. The molecule has 1 aromatic heterocycles. The fourth-order valence-electron chi connectivity index (χ4n) is 1.93. The third kappa shape index (κ3) is 2.63. The fourth-order valence-corrected chi connectivity index (χ4v) is 1.93. The van der Waals surface area contributed by atoms with Gasteiger partial charge in [0.2, 0.25) is 5.95 Å². The SMILES string of the molecule is CN(CCO)c1ncc(F)c(N2CCCC2)n1. The number of anilines is 2. The van der Waals surface area contributed by atoms with E-state index in [1.165, 1.54) is 6.20 Å². The summed E-state index contributed by atoms with van der Waals surface area (Å²) in [6, 6.07) is 0. The highest BCUT2D eigenvalue weighted by molar-refractivity contribution is 5.45. The maximum Gasteiger partial charge on any atom is 0.227 e. The molecule has 94 valence electrons. The highest BCUT2D eigenvalue weighted by Crippen LogP contribution is 2.22. The Morgan fingerprint density at radius 2 is 2.18 bits per heavy atom. The van der Waals surface area contributed by atoms with Crippen LogP contribution in [0.2, 0.25) is 0 Å². The summed E-state index contributed by atoms with van der Waals surface area (Å²) in [5, 5.41) is 8.85. The second-order valence-electron chi connectivity index (χ2n) is 4.18. The van der Waals surface area contributed by atoms with Crippen LogP contribution in [-0.4, -0.2) is 48.4 Å². The molecule has 0 saturated carbocycles. The van der Waals surface area contributed by atoms with Crippen LogP contribution >= 0.6 is 0 Å². The predicted molar refractivity (Wildman–Crippen MR) is 63.8 cm³/mol. The van der Waals surface area contributed by atoms with Gasteiger partial charge in [0.25, 0.3) is 0 Å². The molecule has 2 heterocycles. The molecular weight excluding hydrogens is 223 g/mol.